The number of thioether (sulfide) groups is 1. The summed E-state index contributed by atoms with van der Waals surface area (Å²) in [7, 11) is 1.65. The molecule has 0 saturated heterocycles. The summed E-state index contributed by atoms with van der Waals surface area (Å²) >= 11 is 7.93. The van der Waals surface area contributed by atoms with Gasteiger partial charge in [-0.1, -0.05) is 30.9 Å². The van der Waals surface area contributed by atoms with E-state index in [-0.39, 0.29) is 6.10 Å². The van der Waals surface area contributed by atoms with E-state index in [1.54, 1.807) is 7.11 Å². The zero-order valence-electron chi connectivity index (χ0n) is 12.0. The first-order valence-corrected chi connectivity index (χ1v) is 8.74. The molecule has 4 heteroatoms. The summed E-state index contributed by atoms with van der Waals surface area (Å²) < 4.78 is 5.32. The van der Waals surface area contributed by atoms with E-state index >= 15 is 0 Å². The van der Waals surface area contributed by atoms with E-state index in [1.807, 2.05) is 30.0 Å². The number of aliphatic hydroxyl groups is 1. The normalized spacial score (nSPS) is 17.9. The lowest BCUT2D eigenvalue weighted by Crippen LogP contribution is -2.18. The lowest BCUT2D eigenvalue weighted by molar-refractivity contribution is 0.198. The molecule has 0 amide bonds. The van der Waals surface area contributed by atoms with Crippen LogP contribution < -0.4 is 4.74 Å². The van der Waals surface area contributed by atoms with Crippen LogP contribution >= 0.6 is 23.4 Å². The van der Waals surface area contributed by atoms with Gasteiger partial charge in [-0.2, -0.15) is 11.8 Å². The van der Waals surface area contributed by atoms with E-state index in [4.69, 9.17) is 16.3 Å². The van der Waals surface area contributed by atoms with E-state index in [0.717, 1.165) is 22.3 Å². The summed E-state index contributed by atoms with van der Waals surface area (Å²) in [6.07, 6.45) is 6.93. The number of methoxy groups -OCH3 is 1. The van der Waals surface area contributed by atoms with Gasteiger partial charge in [-0.15, -0.1) is 0 Å². The second-order valence-electron chi connectivity index (χ2n) is 5.41. The summed E-state index contributed by atoms with van der Waals surface area (Å²) in [6.45, 7) is 0. The van der Waals surface area contributed by atoms with E-state index in [0.29, 0.717) is 11.4 Å². The third-order valence-corrected chi connectivity index (χ3v) is 5.53. The first-order chi connectivity index (χ1) is 9.69. The van der Waals surface area contributed by atoms with Crippen molar-refractivity contribution in [1.29, 1.82) is 0 Å². The minimum absolute atomic E-state index is 0.339. The van der Waals surface area contributed by atoms with Crippen molar-refractivity contribution in [1.82, 2.24) is 0 Å². The van der Waals surface area contributed by atoms with Crippen LogP contribution in [0, 0.1) is 0 Å². The highest BCUT2D eigenvalue weighted by Gasteiger charge is 2.17. The number of aliphatic hydroxyl groups excluding tert-OH is 1. The molecule has 1 aromatic rings. The molecule has 0 aromatic heterocycles. The maximum Gasteiger partial charge on any atom is 0.122 e. The van der Waals surface area contributed by atoms with E-state index in [2.05, 4.69) is 0 Å². The van der Waals surface area contributed by atoms with Gasteiger partial charge in [0.25, 0.3) is 0 Å². The Balaban J connectivity index is 1.84. The van der Waals surface area contributed by atoms with Crippen LogP contribution in [0.5, 0.6) is 5.75 Å². The molecular formula is C16H23ClO2S. The molecule has 0 radical (unpaired) electrons. The molecule has 1 aliphatic rings. The Morgan fingerprint density at radius 2 is 2.10 bits per heavy atom. The molecule has 1 saturated carbocycles. The summed E-state index contributed by atoms with van der Waals surface area (Å²) in [5.41, 5.74) is 0.983. The smallest absolute Gasteiger partial charge is 0.122 e. The molecule has 1 aromatic carbocycles. The number of benzene rings is 1. The van der Waals surface area contributed by atoms with Gasteiger partial charge in [-0.3, -0.25) is 0 Å². The molecule has 0 heterocycles. The van der Waals surface area contributed by atoms with Gasteiger partial charge in [-0.25, -0.2) is 0 Å². The average molecular weight is 315 g/mol. The third-order valence-electron chi connectivity index (χ3n) is 3.77. The minimum Gasteiger partial charge on any atom is -0.496 e. The Morgan fingerprint density at radius 1 is 1.35 bits per heavy atom. The van der Waals surface area contributed by atoms with Gasteiger partial charge in [0.05, 0.1) is 13.2 Å². The molecule has 20 heavy (non-hydrogen) atoms. The first kappa shape index (κ1) is 16.0. The number of rotatable bonds is 6. The highest BCUT2D eigenvalue weighted by atomic mass is 35.5. The predicted octanol–water partition coefficient (Wildman–Crippen LogP) is 4.32. The fourth-order valence-corrected chi connectivity index (χ4v) is 4.17. The largest absolute Gasteiger partial charge is 0.496 e. The van der Waals surface area contributed by atoms with Crippen molar-refractivity contribution in [3.05, 3.63) is 28.8 Å². The van der Waals surface area contributed by atoms with Gasteiger partial charge < -0.3 is 9.84 Å². The maximum absolute atomic E-state index is 10.2. The van der Waals surface area contributed by atoms with Crippen molar-refractivity contribution in [3.63, 3.8) is 0 Å². The van der Waals surface area contributed by atoms with Gasteiger partial charge in [0.1, 0.15) is 5.75 Å². The van der Waals surface area contributed by atoms with Crippen LogP contribution in [0.15, 0.2) is 18.2 Å². The van der Waals surface area contributed by atoms with Crippen molar-refractivity contribution < 1.29 is 9.84 Å². The molecule has 0 spiro atoms. The fraction of sp³-hybridized carbons (Fsp3) is 0.625. The first-order valence-electron chi connectivity index (χ1n) is 7.31. The lowest BCUT2D eigenvalue weighted by Gasteiger charge is -2.22. The molecular weight excluding hydrogens is 292 g/mol. The van der Waals surface area contributed by atoms with Gasteiger partial charge in [0.15, 0.2) is 0 Å². The Hall–Kier alpha value is -0.380. The van der Waals surface area contributed by atoms with Crippen LogP contribution in [0.1, 0.15) is 37.7 Å². The molecule has 1 fully saturated rings. The van der Waals surface area contributed by atoms with Crippen molar-refractivity contribution >= 4 is 23.4 Å². The molecule has 1 aliphatic carbocycles. The van der Waals surface area contributed by atoms with E-state index < -0.39 is 0 Å². The fourth-order valence-electron chi connectivity index (χ4n) is 2.70. The molecule has 1 atom stereocenters. The second-order valence-corrected chi connectivity index (χ2v) is 7.18. The molecule has 2 nitrogen and oxygen atoms in total. The monoisotopic (exact) mass is 314 g/mol. The zero-order chi connectivity index (χ0) is 14.4. The van der Waals surface area contributed by atoms with Crippen molar-refractivity contribution in [2.24, 2.45) is 0 Å². The number of hydrogen-bond acceptors (Lipinski definition) is 3. The molecule has 1 N–H and O–H groups in total. The summed E-state index contributed by atoms with van der Waals surface area (Å²) in [4.78, 5) is 0. The standard InChI is InChI=1S/C16H23ClO2S/c1-19-16-8-7-13(17)9-12(16)10-14(18)11-20-15-5-3-2-4-6-15/h7-9,14-15,18H,2-6,10-11H2,1H3. The Kier molecular flexibility index (Phi) is 6.53. The lowest BCUT2D eigenvalue weighted by atomic mass is 10.0. The van der Waals surface area contributed by atoms with Gasteiger partial charge in [0.2, 0.25) is 0 Å². The van der Waals surface area contributed by atoms with Crippen molar-refractivity contribution in [3.8, 4) is 5.75 Å². The van der Waals surface area contributed by atoms with Crippen LogP contribution in [0.25, 0.3) is 0 Å². The Bertz CT molecular complexity index is 419. The molecule has 0 bridgehead atoms. The Labute approximate surface area is 130 Å². The van der Waals surface area contributed by atoms with E-state index in [9.17, 15) is 5.11 Å². The van der Waals surface area contributed by atoms with E-state index in [1.165, 1.54) is 32.1 Å². The van der Waals surface area contributed by atoms with Gasteiger partial charge in [0, 0.05) is 22.4 Å². The highest BCUT2D eigenvalue weighted by Crippen LogP contribution is 2.30. The Morgan fingerprint density at radius 3 is 2.80 bits per heavy atom. The summed E-state index contributed by atoms with van der Waals surface area (Å²) in [5.74, 6) is 1.59. The predicted molar refractivity (Wildman–Crippen MR) is 87.0 cm³/mol. The highest BCUT2D eigenvalue weighted by molar-refractivity contribution is 7.99. The van der Waals surface area contributed by atoms with Crippen molar-refractivity contribution in [2.45, 2.75) is 49.9 Å². The zero-order valence-corrected chi connectivity index (χ0v) is 13.6. The summed E-state index contributed by atoms with van der Waals surface area (Å²) in [6, 6.07) is 5.56. The maximum atomic E-state index is 10.2. The summed E-state index contributed by atoms with van der Waals surface area (Å²) in [5, 5.41) is 11.6. The number of hydrogen-bond donors (Lipinski definition) is 1. The third kappa shape index (κ3) is 4.87. The topological polar surface area (TPSA) is 29.5 Å². The van der Waals surface area contributed by atoms with Crippen LogP contribution in [-0.4, -0.2) is 29.3 Å². The molecule has 0 aliphatic heterocycles. The SMILES string of the molecule is COc1ccc(Cl)cc1CC(O)CSC1CCCCC1. The van der Waals surface area contributed by atoms with Crippen molar-refractivity contribution in [2.75, 3.05) is 12.9 Å². The average Bonchev–Trinajstić information content (AvgIpc) is 2.46. The van der Waals surface area contributed by atoms with Crippen LogP contribution in [0.4, 0.5) is 0 Å². The number of ether oxygens (including phenoxy) is 1. The van der Waals surface area contributed by atoms with Crippen LogP contribution in [0.3, 0.4) is 0 Å². The minimum atomic E-state index is -0.339. The molecule has 1 unspecified atom stereocenters. The number of halogens is 1. The quantitative estimate of drug-likeness (QED) is 0.848. The molecule has 112 valence electrons. The van der Waals surface area contributed by atoms with Gasteiger partial charge in [-0.05, 0) is 36.6 Å². The van der Waals surface area contributed by atoms with Crippen LogP contribution in [-0.2, 0) is 6.42 Å². The van der Waals surface area contributed by atoms with Gasteiger partial charge >= 0.3 is 0 Å². The second kappa shape index (κ2) is 8.16. The van der Waals surface area contributed by atoms with Crippen LogP contribution in [0.2, 0.25) is 5.02 Å². The molecule has 2 rings (SSSR count).